The first kappa shape index (κ1) is 32.5. The molecule has 0 radical (unpaired) electrons. The Bertz CT molecular complexity index is 1630. The van der Waals surface area contributed by atoms with Crippen LogP contribution in [0.4, 0.5) is 0 Å². The van der Waals surface area contributed by atoms with E-state index in [1.807, 2.05) is 78.9 Å². The first-order chi connectivity index (χ1) is 21.3. The normalized spacial score (nSPS) is 17.6. The van der Waals surface area contributed by atoms with Gasteiger partial charge < -0.3 is 19.9 Å². The molecule has 5 rings (SSSR count). The zero-order valence-corrected chi connectivity index (χ0v) is 28.3. The molecule has 0 spiro atoms. The smallest absolute Gasteiger partial charge is 0.252 e. The van der Waals surface area contributed by atoms with Crippen molar-refractivity contribution in [2.75, 3.05) is 19.8 Å². The van der Waals surface area contributed by atoms with Crippen LogP contribution in [0.15, 0.2) is 105 Å². The van der Waals surface area contributed by atoms with Crippen LogP contribution in [0.25, 0.3) is 0 Å². The van der Waals surface area contributed by atoms with Crippen LogP contribution in [0.1, 0.15) is 34.8 Å². The quantitative estimate of drug-likeness (QED) is 0.143. The fourth-order valence-corrected chi connectivity index (χ4v) is 6.23. The van der Waals surface area contributed by atoms with Crippen molar-refractivity contribution in [3.05, 3.63) is 132 Å². The van der Waals surface area contributed by atoms with Crippen LogP contribution < -0.4 is 10.1 Å². The molecule has 0 fully saturated rings. The summed E-state index contributed by atoms with van der Waals surface area (Å²) in [6.07, 6.45) is 0.639. The number of aliphatic hydroxyl groups excluding tert-OH is 1. The molecule has 2 N–H and O–H groups in total. The molecule has 0 aromatic heterocycles. The number of nitrogens with zero attached hydrogens (tertiary/aromatic N) is 1. The van der Waals surface area contributed by atoms with Crippen LogP contribution >= 0.6 is 55.1 Å². The van der Waals surface area contributed by atoms with Crippen LogP contribution in [0.2, 0.25) is 10.0 Å². The Morgan fingerprint density at radius 2 is 1.73 bits per heavy atom. The number of rotatable bonds is 12. The van der Waals surface area contributed by atoms with E-state index in [1.54, 1.807) is 12.1 Å². The molecule has 0 saturated carbocycles. The standard InChI is InChI=1S/C34H30Br2Cl2N2O4/c35-26-11-6-23(7-12-26)31-34(21-25-4-1-2-5-29(25)36,33(42)39-17-16-22-8-13-27(37)20-30(22)38)40-32(44-31)24-9-14-28(15-10-24)43-19-3-18-41/h1-2,4-15,20,31,41H,3,16-19,21H2,(H,39,42)/t31-,34-/m1/s1. The van der Waals surface area contributed by atoms with Crippen molar-refractivity contribution in [1.82, 2.24) is 5.32 Å². The van der Waals surface area contributed by atoms with Gasteiger partial charge in [-0.15, -0.1) is 0 Å². The number of hydrogen-bond donors (Lipinski definition) is 2. The van der Waals surface area contributed by atoms with E-state index < -0.39 is 11.6 Å². The molecule has 0 saturated heterocycles. The maximum absolute atomic E-state index is 14.4. The summed E-state index contributed by atoms with van der Waals surface area (Å²) < 4.78 is 14.1. The lowest BCUT2D eigenvalue weighted by molar-refractivity contribution is -0.128. The molecule has 1 aliphatic heterocycles. The number of carbonyl (C=O) groups excluding carboxylic acids is 1. The van der Waals surface area contributed by atoms with Gasteiger partial charge in [-0.25, -0.2) is 4.99 Å². The van der Waals surface area contributed by atoms with Crippen LogP contribution in [0.5, 0.6) is 5.75 Å². The number of benzene rings is 4. The van der Waals surface area contributed by atoms with E-state index in [-0.39, 0.29) is 18.9 Å². The molecule has 1 aliphatic rings. The lowest BCUT2D eigenvalue weighted by atomic mass is 9.82. The molecule has 1 heterocycles. The van der Waals surface area contributed by atoms with Gasteiger partial charge in [0.05, 0.1) is 6.61 Å². The topological polar surface area (TPSA) is 80.2 Å². The van der Waals surface area contributed by atoms with Gasteiger partial charge in [-0.05, 0) is 77.7 Å². The Kier molecular flexibility index (Phi) is 11.0. The Balaban J connectivity index is 1.52. The second kappa shape index (κ2) is 14.9. The van der Waals surface area contributed by atoms with E-state index in [4.69, 9.17) is 42.8 Å². The summed E-state index contributed by atoms with van der Waals surface area (Å²) in [5.74, 6) is 0.774. The number of hydrogen-bond acceptors (Lipinski definition) is 5. The van der Waals surface area contributed by atoms with Crippen molar-refractivity contribution in [3.63, 3.8) is 0 Å². The zero-order valence-electron chi connectivity index (χ0n) is 23.6. The number of halogens is 4. The number of ether oxygens (including phenoxy) is 2. The highest BCUT2D eigenvalue weighted by molar-refractivity contribution is 9.10. The average Bonchev–Trinajstić information content (AvgIpc) is 3.40. The molecule has 0 unspecified atom stereocenters. The van der Waals surface area contributed by atoms with Gasteiger partial charge in [0.2, 0.25) is 5.90 Å². The third-order valence-electron chi connectivity index (χ3n) is 7.32. The van der Waals surface area contributed by atoms with Crippen molar-refractivity contribution < 1.29 is 19.4 Å². The number of carbonyl (C=O) groups is 1. The third-order valence-corrected chi connectivity index (χ3v) is 9.20. The Morgan fingerprint density at radius 3 is 2.43 bits per heavy atom. The lowest BCUT2D eigenvalue weighted by Gasteiger charge is -2.31. The minimum absolute atomic E-state index is 0.0641. The predicted molar refractivity (Wildman–Crippen MR) is 182 cm³/mol. The summed E-state index contributed by atoms with van der Waals surface area (Å²) in [5.41, 5.74) is 2.02. The summed E-state index contributed by atoms with van der Waals surface area (Å²) in [6, 6.07) is 28.3. The number of aliphatic hydroxyl groups is 1. The minimum atomic E-state index is -1.33. The van der Waals surface area contributed by atoms with E-state index in [9.17, 15) is 4.79 Å². The van der Waals surface area contributed by atoms with Crippen molar-refractivity contribution in [2.24, 2.45) is 4.99 Å². The van der Waals surface area contributed by atoms with Crippen molar-refractivity contribution in [3.8, 4) is 5.75 Å². The van der Waals surface area contributed by atoms with Crippen LogP contribution in [-0.4, -0.2) is 42.2 Å². The fraction of sp³-hybridized carbons (Fsp3) is 0.235. The second-order valence-electron chi connectivity index (χ2n) is 10.4. The molecular formula is C34H30Br2Cl2N2O4. The van der Waals surface area contributed by atoms with Gasteiger partial charge >= 0.3 is 0 Å². The lowest BCUT2D eigenvalue weighted by Crippen LogP contribution is -2.50. The van der Waals surface area contributed by atoms with E-state index in [0.29, 0.717) is 47.7 Å². The van der Waals surface area contributed by atoms with Gasteiger partial charge in [-0.1, -0.05) is 91.5 Å². The number of amides is 1. The van der Waals surface area contributed by atoms with E-state index in [0.717, 1.165) is 31.2 Å². The maximum atomic E-state index is 14.4. The second-order valence-corrected chi connectivity index (χ2v) is 13.0. The first-order valence-electron chi connectivity index (χ1n) is 14.1. The van der Waals surface area contributed by atoms with Crippen LogP contribution in [0.3, 0.4) is 0 Å². The molecule has 6 nitrogen and oxygen atoms in total. The molecule has 228 valence electrons. The molecule has 10 heteroatoms. The van der Waals surface area contributed by atoms with Gasteiger partial charge in [0.1, 0.15) is 5.75 Å². The summed E-state index contributed by atoms with van der Waals surface area (Å²) in [5, 5.41) is 13.3. The van der Waals surface area contributed by atoms with Crippen LogP contribution in [0, 0.1) is 0 Å². The van der Waals surface area contributed by atoms with Gasteiger partial charge in [-0.2, -0.15) is 0 Å². The van der Waals surface area contributed by atoms with Crippen molar-refractivity contribution in [1.29, 1.82) is 0 Å². The predicted octanol–water partition coefficient (Wildman–Crippen LogP) is 8.14. The van der Waals surface area contributed by atoms with Crippen molar-refractivity contribution >= 4 is 66.9 Å². The highest BCUT2D eigenvalue weighted by Gasteiger charge is 2.53. The van der Waals surface area contributed by atoms with E-state index >= 15 is 0 Å². The monoisotopic (exact) mass is 758 g/mol. The molecule has 2 atom stereocenters. The minimum Gasteiger partial charge on any atom is -0.494 e. The Labute approximate surface area is 283 Å². The highest BCUT2D eigenvalue weighted by atomic mass is 79.9. The molecule has 1 amide bonds. The van der Waals surface area contributed by atoms with Gasteiger partial charge in [-0.3, -0.25) is 4.79 Å². The van der Waals surface area contributed by atoms with Gasteiger partial charge in [0.15, 0.2) is 11.6 Å². The maximum Gasteiger partial charge on any atom is 0.252 e. The van der Waals surface area contributed by atoms with Crippen molar-refractivity contribution in [2.45, 2.75) is 30.9 Å². The highest BCUT2D eigenvalue weighted by Crippen LogP contribution is 2.43. The Hall–Kier alpha value is -2.88. The van der Waals surface area contributed by atoms with Gasteiger partial charge in [0.25, 0.3) is 5.91 Å². The van der Waals surface area contributed by atoms with Crippen LogP contribution in [-0.2, 0) is 22.4 Å². The largest absolute Gasteiger partial charge is 0.494 e. The SMILES string of the molecule is O=C(NCCc1ccc(Cl)cc1Cl)[C@]1(Cc2ccccc2Br)N=C(c2ccc(OCCCO)cc2)O[C@@H]1c1ccc(Br)cc1. The van der Waals surface area contributed by atoms with E-state index in [1.165, 1.54) is 0 Å². The summed E-state index contributed by atoms with van der Waals surface area (Å²) in [4.78, 5) is 19.5. The average molecular weight is 761 g/mol. The molecule has 44 heavy (non-hydrogen) atoms. The zero-order chi connectivity index (χ0) is 31.1. The summed E-state index contributed by atoms with van der Waals surface area (Å²) in [6.45, 7) is 0.819. The number of nitrogens with one attached hydrogen (secondary N) is 1. The molecular weight excluding hydrogens is 731 g/mol. The molecule has 0 bridgehead atoms. The fourth-order valence-electron chi connectivity index (χ4n) is 5.04. The third kappa shape index (κ3) is 7.66. The summed E-state index contributed by atoms with van der Waals surface area (Å²) >= 11 is 19.7. The Morgan fingerprint density at radius 1 is 0.977 bits per heavy atom. The summed E-state index contributed by atoms with van der Waals surface area (Å²) in [7, 11) is 0. The number of aliphatic imine (C=N–C) groups is 1. The first-order valence-corrected chi connectivity index (χ1v) is 16.4. The van der Waals surface area contributed by atoms with E-state index in [2.05, 4.69) is 37.2 Å². The molecule has 4 aromatic carbocycles. The molecule has 0 aliphatic carbocycles. The van der Waals surface area contributed by atoms with Gasteiger partial charge in [0, 0.05) is 50.5 Å². The molecule has 4 aromatic rings.